The molecular weight excluding hydrogens is 220 g/mol. The largest absolute Gasteiger partial charge is 0.507 e. The lowest BCUT2D eigenvalue weighted by molar-refractivity contribution is 0.453. The van der Waals surface area contributed by atoms with Gasteiger partial charge in [0.1, 0.15) is 5.75 Å². The van der Waals surface area contributed by atoms with Gasteiger partial charge in [0.05, 0.1) is 0 Å². The predicted molar refractivity (Wildman–Crippen MR) is 79.7 cm³/mol. The van der Waals surface area contributed by atoms with Crippen molar-refractivity contribution in [3.63, 3.8) is 0 Å². The normalized spacial score (nSPS) is 12.9. The van der Waals surface area contributed by atoms with E-state index in [1.165, 1.54) is 16.7 Å². The maximum Gasteiger partial charge on any atom is 0.121 e. The molecule has 0 saturated heterocycles. The average Bonchev–Trinajstić information content (AvgIpc) is 2.09. The molecule has 0 aromatic heterocycles. The summed E-state index contributed by atoms with van der Waals surface area (Å²) in [4.78, 5) is 0. The minimum Gasteiger partial charge on any atom is -0.507 e. The Morgan fingerprint density at radius 1 is 0.611 bits per heavy atom. The van der Waals surface area contributed by atoms with Crippen LogP contribution in [-0.4, -0.2) is 5.11 Å². The van der Waals surface area contributed by atoms with Crippen LogP contribution < -0.4 is 0 Å². The Hall–Kier alpha value is -0.980. The van der Waals surface area contributed by atoms with E-state index in [1.807, 2.05) is 13.8 Å². The SMILES string of the molecule is Cc1c(O)c(C)c(C(C)(C)C)c(C)c1C(C)(C)C. The molecule has 0 heterocycles. The third kappa shape index (κ3) is 2.41. The maximum absolute atomic E-state index is 10.4. The Balaban J connectivity index is 3.83. The van der Waals surface area contributed by atoms with E-state index in [2.05, 4.69) is 48.5 Å². The zero-order valence-electron chi connectivity index (χ0n) is 13.4. The minimum atomic E-state index is 0.0549. The van der Waals surface area contributed by atoms with E-state index < -0.39 is 0 Å². The molecule has 0 spiro atoms. The third-order valence-corrected chi connectivity index (χ3v) is 3.71. The highest BCUT2D eigenvalue weighted by Gasteiger charge is 2.29. The molecule has 1 aromatic carbocycles. The Bertz CT molecular complexity index is 427. The lowest BCUT2D eigenvalue weighted by Gasteiger charge is -2.32. The number of phenols is 1. The Kier molecular flexibility index (Phi) is 3.60. The monoisotopic (exact) mass is 248 g/mol. The van der Waals surface area contributed by atoms with E-state index in [4.69, 9.17) is 0 Å². The first kappa shape index (κ1) is 15.1. The van der Waals surface area contributed by atoms with Crippen molar-refractivity contribution < 1.29 is 5.11 Å². The van der Waals surface area contributed by atoms with Crippen molar-refractivity contribution in [1.29, 1.82) is 0 Å². The molecule has 0 aliphatic heterocycles. The molecule has 0 saturated carbocycles. The number of phenolic OH excluding ortho intramolecular Hbond substituents is 1. The van der Waals surface area contributed by atoms with Gasteiger partial charge >= 0.3 is 0 Å². The van der Waals surface area contributed by atoms with Crippen LogP contribution >= 0.6 is 0 Å². The first-order valence-electron chi connectivity index (χ1n) is 6.72. The first-order valence-corrected chi connectivity index (χ1v) is 6.72. The van der Waals surface area contributed by atoms with Gasteiger partial charge in [-0.25, -0.2) is 0 Å². The summed E-state index contributed by atoms with van der Waals surface area (Å²) in [6.45, 7) is 19.5. The lowest BCUT2D eigenvalue weighted by atomic mass is 9.72. The molecule has 0 fully saturated rings. The van der Waals surface area contributed by atoms with Gasteiger partial charge in [-0.15, -0.1) is 0 Å². The summed E-state index contributed by atoms with van der Waals surface area (Å²) in [6, 6.07) is 0. The Labute approximate surface area is 112 Å². The fraction of sp³-hybridized carbons (Fsp3) is 0.647. The highest BCUT2D eigenvalue weighted by atomic mass is 16.3. The second-order valence-electron chi connectivity index (χ2n) is 7.47. The quantitative estimate of drug-likeness (QED) is 0.691. The highest BCUT2D eigenvalue weighted by molar-refractivity contribution is 5.57. The lowest BCUT2D eigenvalue weighted by Crippen LogP contribution is -2.22. The molecular formula is C17H28O. The Morgan fingerprint density at radius 2 is 0.889 bits per heavy atom. The van der Waals surface area contributed by atoms with Crippen molar-refractivity contribution in [2.24, 2.45) is 0 Å². The van der Waals surface area contributed by atoms with Crippen LogP contribution in [-0.2, 0) is 10.8 Å². The van der Waals surface area contributed by atoms with Gasteiger partial charge in [0.25, 0.3) is 0 Å². The van der Waals surface area contributed by atoms with Crippen LogP contribution in [0.3, 0.4) is 0 Å². The minimum absolute atomic E-state index is 0.0549. The molecule has 0 radical (unpaired) electrons. The van der Waals surface area contributed by atoms with Crippen molar-refractivity contribution in [3.8, 4) is 5.75 Å². The van der Waals surface area contributed by atoms with Crippen LogP contribution in [0.2, 0.25) is 0 Å². The number of benzene rings is 1. The van der Waals surface area contributed by atoms with E-state index >= 15 is 0 Å². The van der Waals surface area contributed by atoms with Crippen molar-refractivity contribution in [2.45, 2.75) is 73.1 Å². The fourth-order valence-electron chi connectivity index (χ4n) is 3.46. The molecule has 102 valence electrons. The number of hydrogen-bond acceptors (Lipinski definition) is 1. The highest BCUT2D eigenvalue weighted by Crippen LogP contribution is 2.42. The van der Waals surface area contributed by atoms with Gasteiger partial charge in [-0.1, -0.05) is 41.5 Å². The topological polar surface area (TPSA) is 20.2 Å². The van der Waals surface area contributed by atoms with Crippen LogP contribution in [0.5, 0.6) is 5.75 Å². The molecule has 1 heteroatoms. The summed E-state index contributed by atoms with van der Waals surface area (Å²) in [5.74, 6) is 0.468. The van der Waals surface area contributed by atoms with Crippen LogP contribution in [0.25, 0.3) is 0 Å². The molecule has 0 amide bonds. The number of rotatable bonds is 0. The van der Waals surface area contributed by atoms with E-state index in [9.17, 15) is 5.11 Å². The maximum atomic E-state index is 10.4. The van der Waals surface area contributed by atoms with Gasteiger partial charge in [-0.2, -0.15) is 0 Å². The molecule has 0 unspecified atom stereocenters. The van der Waals surface area contributed by atoms with E-state index in [-0.39, 0.29) is 10.8 Å². The van der Waals surface area contributed by atoms with Gasteiger partial charge in [0.15, 0.2) is 0 Å². The summed E-state index contributed by atoms with van der Waals surface area (Å²) < 4.78 is 0. The molecule has 18 heavy (non-hydrogen) atoms. The number of hydrogen-bond donors (Lipinski definition) is 1. The molecule has 0 bridgehead atoms. The van der Waals surface area contributed by atoms with Crippen molar-refractivity contribution in [2.75, 3.05) is 0 Å². The van der Waals surface area contributed by atoms with Gasteiger partial charge in [-0.3, -0.25) is 0 Å². The van der Waals surface area contributed by atoms with Crippen molar-refractivity contribution in [3.05, 3.63) is 27.8 Å². The summed E-state index contributed by atoms with van der Waals surface area (Å²) >= 11 is 0. The van der Waals surface area contributed by atoms with Crippen molar-refractivity contribution in [1.82, 2.24) is 0 Å². The average molecular weight is 248 g/mol. The van der Waals surface area contributed by atoms with Crippen LogP contribution in [0.4, 0.5) is 0 Å². The zero-order chi connectivity index (χ0) is 14.5. The third-order valence-electron chi connectivity index (χ3n) is 3.71. The summed E-state index contributed by atoms with van der Waals surface area (Å²) in [7, 11) is 0. The molecule has 0 aliphatic carbocycles. The van der Waals surface area contributed by atoms with Crippen molar-refractivity contribution >= 4 is 0 Å². The van der Waals surface area contributed by atoms with Gasteiger partial charge in [0, 0.05) is 0 Å². The van der Waals surface area contributed by atoms with Crippen LogP contribution in [0, 0.1) is 20.8 Å². The van der Waals surface area contributed by atoms with Gasteiger partial charge in [0.2, 0.25) is 0 Å². The second-order valence-corrected chi connectivity index (χ2v) is 7.47. The molecule has 1 rings (SSSR count). The first-order chi connectivity index (χ1) is 7.89. The second kappa shape index (κ2) is 4.29. The predicted octanol–water partition coefficient (Wildman–Crippen LogP) is 4.91. The van der Waals surface area contributed by atoms with Crippen LogP contribution in [0.1, 0.15) is 69.4 Å². The number of aromatic hydroxyl groups is 1. The van der Waals surface area contributed by atoms with Crippen LogP contribution in [0.15, 0.2) is 0 Å². The van der Waals surface area contributed by atoms with Gasteiger partial charge in [-0.05, 0) is 59.4 Å². The molecule has 1 nitrogen and oxygen atoms in total. The molecule has 1 N–H and O–H groups in total. The summed E-state index contributed by atoms with van der Waals surface area (Å²) in [6.07, 6.45) is 0. The Morgan fingerprint density at radius 3 is 1.11 bits per heavy atom. The van der Waals surface area contributed by atoms with E-state index in [0.717, 1.165) is 11.1 Å². The molecule has 0 aliphatic rings. The fourth-order valence-corrected chi connectivity index (χ4v) is 3.46. The molecule has 0 atom stereocenters. The van der Waals surface area contributed by atoms with Gasteiger partial charge < -0.3 is 5.11 Å². The molecule has 1 aromatic rings. The zero-order valence-corrected chi connectivity index (χ0v) is 13.4. The summed E-state index contributed by atoms with van der Waals surface area (Å²) in [5, 5.41) is 10.4. The van der Waals surface area contributed by atoms with E-state index in [0.29, 0.717) is 5.75 Å². The summed E-state index contributed by atoms with van der Waals surface area (Å²) in [5.41, 5.74) is 6.09. The van der Waals surface area contributed by atoms with E-state index in [1.54, 1.807) is 0 Å². The smallest absolute Gasteiger partial charge is 0.121 e. The standard InChI is InChI=1S/C17H28O/c1-10-13(16(4,5)6)11(2)15(18)12(3)14(10)17(7,8)9/h18H,1-9H3.